The fraction of sp³-hybridized carbons (Fsp3) is 0.250. The first kappa shape index (κ1) is 16.1. The molecular formula is C12H14NO3U-. The number of esters is 1. The number of hydrogen-bond acceptors (Lipinski definition) is 4. The third-order valence-corrected chi connectivity index (χ3v) is 1.94. The molecule has 1 aromatic rings. The molecule has 0 aromatic heterocycles. The Hall–Kier alpha value is -0.918. The van der Waals surface area contributed by atoms with E-state index < -0.39 is 5.97 Å². The second-order valence-corrected chi connectivity index (χ2v) is 3.01. The van der Waals surface area contributed by atoms with Crippen LogP contribution in [-0.2, 0) is 14.4 Å². The Morgan fingerprint density at radius 2 is 2.06 bits per heavy atom. The predicted molar refractivity (Wildman–Crippen MR) is 61.1 cm³/mol. The van der Waals surface area contributed by atoms with E-state index in [9.17, 15) is 4.79 Å². The van der Waals surface area contributed by atoms with Crippen molar-refractivity contribution in [2.75, 3.05) is 13.7 Å². The van der Waals surface area contributed by atoms with Gasteiger partial charge in [0.2, 0.25) is 0 Å². The predicted octanol–water partition coefficient (Wildman–Crippen LogP) is 1.78. The minimum atomic E-state index is -0.537. The number of nitrogens with zero attached hydrogens (tertiary/aromatic N) is 1. The molecule has 4 nitrogen and oxygen atoms in total. The Kier molecular flexibility index (Phi) is 7.77. The molecule has 1 rings (SSSR count). The van der Waals surface area contributed by atoms with E-state index in [1.54, 1.807) is 25.1 Å². The van der Waals surface area contributed by atoms with Gasteiger partial charge in [-0.15, -0.1) is 12.1 Å². The Morgan fingerprint density at radius 3 is 2.59 bits per heavy atom. The van der Waals surface area contributed by atoms with Crippen LogP contribution in [0, 0.1) is 38.0 Å². The molecule has 0 aliphatic carbocycles. The van der Waals surface area contributed by atoms with Gasteiger partial charge in [0.25, 0.3) is 0 Å². The average Bonchev–Trinajstić information content (AvgIpc) is 2.31. The summed E-state index contributed by atoms with van der Waals surface area (Å²) < 4.78 is 4.64. The van der Waals surface area contributed by atoms with Crippen molar-refractivity contribution in [2.45, 2.75) is 6.92 Å². The summed E-state index contributed by atoms with van der Waals surface area (Å²) in [7, 11) is 1.30. The van der Waals surface area contributed by atoms with Crippen molar-refractivity contribution in [2.24, 2.45) is 5.16 Å². The van der Waals surface area contributed by atoms with Gasteiger partial charge in [0.15, 0.2) is 0 Å². The van der Waals surface area contributed by atoms with E-state index in [1.807, 2.05) is 6.07 Å². The maximum absolute atomic E-state index is 11.5. The SMILES string of the molecule is [CH2-]c1ccccc1/C(=N\OCC)C(=O)OC.[U]. The van der Waals surface area contributed by atoms with Gasteiger partial charge in [0, 0.05) is 31.1 Å². The summed E-state index contributed by atoms with van der Waals surface area (Å²) in [5.74, 6) is -0.537. The normalized spacial score (nSPS) is 10.4. The molecule has 0 N–H and O–H groups in total. The fourth-order valence-corrected chi connectivity index (χ4v) is 1.17. The molecule has 0 bridgehead atoms. The standard InChI is InChI=1S/C12H14NO3.U/c1-4-16-13-11(12(14)15-3)10-8-6-5-7-9(10)2;/h5-8H,2,4H2,1,3H3;/q-1;/b13-11+;. The molecule has 0 saturated heterocycles. The van der Waals surface area contributed by atoms with E-state index in [0.717, 1.165) is 0 Å². The molecule has 0 unspecified atom stereocenters. The van der Waals surface area contributed by atoms with Gasteiger partial charge < -0.3 is 9.57 Å². The van der Waals surface area contributed by atoms with Crippen LogP contribution in [-0.4, -0.2) is 25.4 Å². The largest absolute Gasteiger partial charge is 0.465 e. The number of carbonyl (C=O) groups is 1. The molecule has 5 heteroatoms. The number of rotatable bonds is 4. The van der Waals surface area contributed by atoms with Crippen LogP contribution in [0.25, 0.3) is 0 Å². The fourth-order valence-electron chi connectivity index (χ4n) is 1.17. The third-order valence-electron chi connectivity index (χ3n) is 1.94. The van der Waals surface area contributed by atoms with Crippen LogP contribution < -0.4 is 0 Å². The van der Waals surface area contributed by atoms with E-state index in [2.05, 4.69) is 16.8 Å². The van der Waals surface area contributed by atoms with Crippen LogP contribution in [0.4, 0.5) is 0 Å². The Bertz CT molecular complexity index is 404. The summed E-state index contributed by atoms with van der Waals surface area (Å²) in [6.07, 6.45) is 0. The van der Waals surface area contributed by atoms with Crippen LogP contribution in [0.1, 0.15) is 18.1 Å². The molecule has 0 radical (unpaired) electrons. The molecule has 0 aliphatic heterocycles. The Balaban J connectivity index is 0.00000256. The third kappa shape index (κ3) is 4.45. The van der Waals surface area contributed by atoms with E-state index in [0.29, 0.717) is 17.7 Å². The molecule has 17 heavy (non-hydrogen) atoms. The van der Waals surface area contributed by atoms with Crippen molar-refractivity contribution in [1.82, 2.24) is 0 Å². The first-order chi connectivity index (χ1) is 7.70. The first-order valence-corrected chi connectivity index (χ1v) is 4.90. The zero-order valence-electron chi connectivity index (χ0n) is 9.90. The van der Waals surface area contributed by atoms with Crippen molar-refractivity contribution in [3.8, 4) is 0 Å². The van der Waals surface area contributed by atoms with Gasteiger partial charge in [-0.25, -0.2) is 4.79 Å². The first-order valence-electron chi connectivity index (χ1n) is 4.90. The molecule has 90 valence electrons. The van der Waals surface area contributed by atoms with Crippen LogP contribution in [0.2, 0.25) is 0 Å². The topological polar surface area (TPSA) is 47.9 Å². The average molecular weight is 458 g/mol. The number of methoxy groups -OCH3 is 1. The van der Waals surface area contributed by atoms with Crippen molar-refractivity contribution >= 4 is 11.7 Å². The summed E-state index contributed by atoms with van der Waals surface area (Å²) in [5, 5.41) is 3.75. The van der Waals surface area contributed by atoms with E-state index in [4.69, 9.17) is 4.84 Å². The number of hydrogen-bond donors (Lipinski definition) is 0. The number of benzene rings is 1. The van der Waals surface area contributed by atoms with Crippen LogP contribution >= 0.6 is 0 Å². The summed E-state index contributed by atoms with van der Waals surface area (Å²) in [6, 6.07) is 7.17. The molecule has 0 atom stereocenters. The maximum Gasteiger partial charge on any atom is 0.347 e. The van der Waals surface area contributed by atoms with Crippen molar-refractivity contribution < 1.29 is 45.5 Å². The summed E-state index contributed by atoms with van der Waals surface area (Å²) >= 11 is 0. The van der Waals surface area contributed by atoms with E-state index in [-0.39, 0.29) is 36.8 Å². The van der Waals surface area contributed by atoms with E-state index in [1.165, 1.54) is 7.11 Å². The van der Waals surface area contributed by atoms with Gasteiger partial charge in [0.05, 0.1) is 7.11 Å². The molecule has 0 spiro atoms. The molecule has 0 fully saturated rings. The number of oxime groups is 1. The monoisotopic (exact) mass is 458 g/mol. The van der Waals surface area contributed by atoms with Crippen LogP contribution in [0.15, 0.2) is 29.4 Å². The quantitative estimate of drug-likeness (QED) is 0.299. The van der Waals surface area contributed by atoms with Gasteiger partial charge in [-0.05, 0) is 6.92 Å². The molecular weight excluding hydrogens is 444 g/mol. The molecule has 0 heterocycles. The smallest absolute Gasteiger partial charge is 0.347 e. The molecule has 1 aromatic carbocycles. The van der Waals surface area contributed by atoms with Gasteiger partial charge in [-0.1, -0.05) is 16.8 Å². The van der Waals surface area contributed by atoms with Crippen molar-refractivity contribution in [3.05, 3.63) is 42.3 Å². The molecule has 0 saturated carbocycles. The minimum absolute atomic E-state index is 0. The second-order valence-electron chi connectivity index (χ2n) is 3.01. The molecule has 0 amide bonds. The van der Waals surface area contributed by atoms with Crippen molar-refractivity contribution in [3.63, 3.8) is 0 Å². The van der Waals surface area contributed by atoms with Crippen molar-refractivity contribution in [1.29, 1.82) is 0 Å². The number of ether oxygens (including phenoxy) is 1. The minimum Gasteiger partial charge on any atom is -0.465 e. The van der Waals surface area contributed by atoms with E-state index >= 15 is 0 Å². The second kappa shape index (κ2) is 8.21. The summed E-state index contributed by atoms with van der Waals surface area (Å²) in [4.78, 5) is 16.4. The van der Waals surface area contributed by atoms with Gasteiger partial charge in [0.1, 0.15) is 12.3 Å². The maximum atomic E-state index is 11.5. The Labute approximate surface area is 125 Å². The van der Waals surface area contributed by atoms with Gasteiger partial charge >= 0.3 is 5.97 Å². The number of carbonyl (C=O) groups excluding carboxylic acids is 1. The van der Waals surface area contributed by atoms with Crippen LogP contribution in [0.5, 0.6) is 0 Å². The summed E-state index contributed by atoms with van der Waals surface area (Å²) in [6.45, 7) is 6.00. The molecule has 0 aliphatic rings. The summed E-state index contributed by atoms with van der Waals surface area (Å²) in [5.41, 5.74) is 1.45. The zero-order valence-corrected chi connectivity index (χ0v) is 14.1. The van der Waals surface area contributed by atoms with Gasteiger partial charge in [-0.3, -0.25) is 0 Å². The van der Waals surface area contributed by atoms with Gasteiger partial charge in [-0.2, -0.15) is 18.6 Å². The van der Waals surface area contributed by atoms with Crippen LogP contribution in [0.3, 0.4) is 0 Å². The zero-order chi connectivity index (χ0) is 12.0. The Morgan fingerprint density at radius 1 is 1.41 bits per heavy atom.